The summed E-state index contributed by atoms with van der Waals surface area (Å²) in [4.78, 5) is 4.62. The Balaban J connectivity index is 0.00000338. The molecule has 1 heterocycles. The van der Waals surface area contributed by atoms with Crippen molar-refractivity contribution in [2.45, 2.75) is 33.2 Å². The lowest BCUT2D eigenvalue weighted by Gasteiger charge is -2.12. The van der Waals surface area contributed by atoms with Crippen LogP contribution in [0.5, 0.6) is 5.75 Å². The van der Waals surface area contributed by atoms with E-state index in [2.05, 4.69) is 44.9 Å². The zero-order valence-electron chi connectivity index (χ0n) is 16.0. The Morgan fingerprint density at radius 2 is 1.85 bits per heavy atom. The van der Waals surface area contributed by atoms with E-state index in [9.17, 15) is 0 Å². The molecule has 2 rings (SSSR count). The van der Waals surface area contributed by atoms with Crippen molar-refractivity contribution in [1.82, 2.24) is 25.4 Å². The molecule has 0 bridgehead atoms. The third-order valence-corrected chi connectivity index (χ3v) is 3.97. The van der Waals surface area contributed by atoms with Gasteiger partial charge in [0.05, 0.1) is 7.11 Å². The number of benzene rings is 1. The number of hydrogen-bond donors (Lipinski definition) is 2. The standard InChI is InChI=1S/C18H28N6O.HI/c1-5-11-19-18(21-13-17-23-22-14(2)24(17)3)20-12-10-15-6-8-16(25-4)9-7-15;/h6-9H,5,10-13H2,1-4H3,(H2,19,20,21);1H. The summed E-state index contributed by atoms with van der Waals surface area (Å²) < 4.78 is 7.14. The van der Waals surface area contributed by atoms with Crippen LogP contribution in [0, 0.1) is 6.92 Å². The SMILES string of the molecule is CCCNC(=NCc1nnc(C)n1C)NCCc1ccc(OC)cc1.I. The van der Waals surface area contributed by atoms with Gasteiger partial charge in [-0.3, -0.25) is 0 Å². The third kappa shape index (κ3) is 6.81. The van der Waals surface area contributed by atoms with Gasteiger partial charge in [0.2, 0.25) is 0 Å². The van der Waals surface area contributed by atoms with E-state index >= 15 is 0 Å². The van der Waals surface area contributed by atoms with Crippen LogP contribution >= 0.6 is 24.0 Å². The lowest BCUT2D eigenvalue weighted by molar-refractivity contribution is 0.414. The van der Waals surface area contributed by atoms with Crippen molar-refractivity contribution in [3.8, 4) is 5.75 Å². The summed E-state index contributed by atoms with van der Waals surface area (Å²) in [6.07, 6.45) is 1.96. The van der Waals surface area contributed by atoms with Crippen LogP contribution in [0.25, 0.3) is 0 Å². The number of aryl methyl sites for hydroxylation is 1. The molecule has 0 aliphatic carbocycles. The number of methoxy groups -OCH3 is 1. The van der Waals surface area contributed by atoms with Gasteiger partial charge in [-0.1, -0.05) is 19.1 Å². The van der Waals surface area contributed by atoms with Crippen LogP contribution in [0.15, 0.2) is 29.3 Å². The van der Waals surface area contributed by atoms with E-state index < -0.39 is 0 Å². The van der Waals surface area contributed by atoms with Gasteiger partial charge >= 0.3 is 0 Å². The van der Waals surface area contributed by atoms with Gasteiger partial charge in [0.25, 0.3) is 0 Å². The van der Waals surface area contributed by atoms with Gasteiger partial charge < -0.3 is 19.9 Å². The molecule has 0 aliphatic heterocycles. The van der Waals surface area contributed by atoms with Crippen molar-refractivity contribution < 1.29 is 4.74 Å². The highest BCUT2D eigenvalue weighted by atomic mass is 127. The summed E-state index contributed by atoms with van der Waals surface area (Å²) in [5.41, 5.74) is 1.26. The molecule has 0 amide bonds. The highest BCUT2D eigenvalue weighted by Gasteiger charge is 2.05. The molecule has 0 fully saturated rings. The van der Waals surface area contributed by atoms with E-state index in [0.29, 0.717) is 6.54 Å². The van der Waals surface area contributed by atoms with Gasteiger partial charge in [-0.2, -0.15) is 0 Å². The minimum absolute atomic E-state index is 0. The van der Waals surface area contributed by atoms with Crippen LogP contribution in [0.4, 0.5) is 0 Å². The Bertz CT molecular complexity index is 683. The fourth-order valence-electron chi connectivity index (χ4n) is 2.27. The molecule has 1 aromatic carbocycles. The van der Waals surface area contributed by atoms with E-state index in [4.69, 9.17) is 4.74 Å². The molecule has 0 aliphatic rings. The van der Waals surface area contributed by atoms with Crippen molar-refractivity contribution in [3.63, 3.8) is 0 Å². The number of nitrogens with one attached hydrogen (secondary N) is 2. The molecule has 0 saturated heterocycles. The van der Waals surface area contributed by atoms with Gasteiger partial charge in [-0.25, -0.2) is 4.99 Å². The second-order valence-electron chi connectivity index (χ2n) is 5.84. The highest BCUT2D eigenvalue weighted by molar-refractivity contribution is 14.0. The van der Waals surface area contributed by atoms with Gasteiger partial charge in [0.1, 0.15) is 18.1 Å². The summed E-state index contributed by atoms with van der Waals surface area (Å²) in [6.45, 7) is 6.25. The lowest BCUT2D eigenvalue weighted by atomic mass is 10.1. The van der Waals surface area contributed by atoms with Crippen LogP contribution in [0.1, 0.15) is 30.6 Å². The molecule has 0 unspecified atom stereocenters. The first-order valence-electron chi connectivity index (χ1n) is 8.64. The average molecular weight is 472 g/mol. The number of hydrogen-bond acceptors (Lipinski definition) is 4. The number of aromatic nitrogens is 3. The molecule has 0 atom stereocenters. The van der Waals surface area contributed by atoms with Crippen molar-refractivity contribution in [3.05, 3.63) is 41.5 Å². The average Bonchev–Trinajstić information content (AvgIpc) is 2.96. The zero-order valence-corrected chi connectivity index (χ0v) is 18.3. The van der Waals surface area contributed by atoms with Crippen molar-refractivity contribution in [2.75, 3.05) is 20.2 Å². The van der Waals surface area contributed by atoms with Crippen LogP contribution in [-0.4, -0.2) is 40.9 Å². The maximum Gasteiger partial charge on any atom is 0.191 e. The minimum atomic E-state index is 0. The zero-order chi connectivity index (χ0) is 18.1. The van der Waals surface area contributed by atoms with Crippen molar-refractivity contribution in [1.29, 1.82) is 0 Å². The Labute approximate surface area is 172 Å². The molecule has 2 N–H and O–H groups in total. The number of aliphatic imine (C=N–C) groups is 1. The Hall–Kier alpha value is -1.84. The third-order valence-electron chi connectivity index (χ3n) is 3.97. The predicted molar refractivity (Wildman–Crippen MR) is 115 cm³/mol. The summed E-state index contributed by atoms with van der Waals surface area (Å²) in [5, 5.41) is 14.9. The molecular formula is C18H29IN6O. The molecule has 7 nitrogen and oxygen atoms in total. The Morgan fingerprint density at radius 1 is 1.15 bits per heavy atom. The summed E-state index contributed by atoms with van der Waals surface area (Å²) in [5.74, 6) is 3.42. The van der Waals surface area contributed by atoms with Crippen LogP contribution in [0.3, 0.4) is 0 Å². The first-order valence-corrected chi connectivity index (χ1v) is 8.64. The fraction of sp³-hybridized carbons (Fsp3) is 0.500. The van der Waals surface area contributed by atoms with Gasteiger partial charge in [-0.05, 0) is 37.5 Å². The lowest BCUT2D eigenvalue weighted by Crippen LogP contribution is -2.38. The maximum atomic E-state index is 5.18. The normalized spacial score (nSPS) is 11.0. The van der Waals surface area contributed by atoms with Crippen LogP contribution in [-0.2, 0) is 20.0 Å². The number of ether oxygens (including phenoxy) is 1. The topological polar surface area (TPSA) is 76.4 Å². The maximum absolute atomic E-state index is 5.18. The molecular weight excluding hydrogens is 443 g/mol. The van der Waals surface area contributed by atoms with E-state index in [1.54, 1.807) is 7.11 Å². The molecule has 0 radical (unpaired) electrons. The number of nitrogens with zero attached hydrogens (tertiary/aromatic N) is 4. The molecule has 0 spiro atoms. The number of guanidine groups is 1. The Morgan fingerprint density at radius 3 is 2.42 bits per heavy atom. The van der Waals surface area contributed by atoms with E-state index in [-0.39, 0.29) is 24.0 Å². The predicted octanol–water partition coefficient (Wildman–Crippen LogP) is 2.44. The molecule has 0 saturated carbocycles. The molecule has 144 valence electrons. The van der Waals surface area contributed by atoms with Gasteiger partial charge in [-0.15, -0.1) is 34.2 Å². The van der Waals surface area contributed by atoms with Crippen molar-refractivity contribution >= 4 is 29.9 Å². The highest BCUT2D eigenvalue weighted by Crippen LogP contribution is 2.11. The van der Waals surface area contributed by atoms with Crippen LogP contribution < -0.4 is 15.4 Å². The fourth-order valence-corrected chi connectivity index (χ4v) is 2.27. The number of halogens is 1. The monoisotopic (exact) mass is 472 g/mol. The largest absolute Gasteiger partial charge is 0.497 e. The molecule has 26 heavy (non-hydrogen) atoms. The van der Waals surface area contributed by atoms with E-state index in [1.165, 1.54) is 5.56 Å². The second kappa shape index (κ2) is 11.7. The van der Waals surface area contributed by atoms with Crippen LogP contribution in [0.2, 0.25) is 0 Å². The second-order valence-corrected chi connectivity index (χ2v) is 5.84. The minimum Gasteiger partial charge on any atom is -0.497 e. The van der Waals surface area contributed by atoms with Gasteiger partial charge in [0.15, 0.2) is 11.8 Å². The molecule has 2 aromatic rings. The quantitative estimate of drug-likeness (QED) is 0.351. The summed E-state index contributed by atoms with van der Waals surface area (Å²) in [7, 11) is 3.63. The van der Waals surface area contributed by atoms with Gasteiger partial charge in [0, 0.05) is 20.1 Å². The van der Waals surface area contributed by atoms with E-state index in [1.807, 2.05) is 30.7 Å². The summed E-state index contributed by atoms with van der Waals surface area (Å²) in [6, 6.07) is 8.13. The number of rotatable bonds is 8. The smallest absolute Gasteiger partial charge is 0.191 e. The first kappa shape index (κ1) is 22.2. The van der Waals surface area contributed by atoms with Crippen molar-refractivity contribution in [2.24, 2.45) is 12.0 Å². The van der Waals surface area contributed by atoms with E-state index in [0.717, 1.165) is 49.3 Å². The Kier molecular flexibility index (Phi) is 10.0. The molecule has 8 heteroatoms. The first-order chi connectivity index (χ1) is 12.1. The molecule has 1 aromatic heterocycles. The summed E-state index contributed by atoms with van der Waals surface area (Å²) >= 11 is 0.